The first-order valence-electron chi connectivity index (χ1n) is 8.96. The van der Waals surface area contributed by atoms with Crippen molar-refractivity contribution in [3.63, 3.8) is 0 Å². The lowest BCUT2D eigenvalue weighted by molar-refractivity contribution is -0.139. The lowest BCUT2D eigenvalue weighted by Crippen LogP contribution is -2.56. The Bertz CT molecular complexity index is 539. The monoisotopic (exact) mass is 304 g/mol. The minimum absolute atomic E-state index is 0.0570. The van der Waals surface area contributed by atoms with Crippen LogP contribution in [-0.2, 0) is 4.79 Å². The van der Waals surface area contributed by atoms with Crippen molar-refractivity contribution in [2.75, 3.05) is 0 Å². The molecule has 3 saturated carbocycles. The fourth-order valence-corrected chi connectivity index (χ4v) is 6.53. The average Bonchev–Trinajstić information content (AvgIpc) is 2.79. The van der Waals surface area contributed by atoms with Gasteiger partial charge in [-0.05, 0) is 73.2 Å². The summed E-state index contributed by atoms with van der Waals surface area (Å²) >= 11 is 0. The van der Waals surface area contributed by atoms with Gasteiger partial charge >= 0.3 is 0 Å². The summed E-state index contributed by atoms with van der Waals surface area (Å²) < 4.78 is 0. The normalized spacial score (nSPS) is 54.3. The molecule has 0 spiro atoms. The number of aliphatic hydroxyl groups excluding tert-OH is 2. The second-order valence-electron chi connectivity index (χ2n) is 8.75. The zero-order valence-electron chi connectivity index (χ0n) is 13.7. The third kappa shape index (κ3) is 1.78. The predicted octanol–water partition coefficient (Wildman–Crippen LogP) is 2.85. The maximum absolute atomic E-state index is 11.8. The van der Waals surface area contributed by atoms with Crippen LogP contribution in [0.25, 0.3) is 0 Å². The van der Waals surface area contributed by atoms with Gasteiger partial charge in [0, 0.05) is 6.42 Å². The van der Waals surface area contributed by atoms with Crippen molar-refractivity contribution in [3.8, 4) is 0 Å². The summed E-state index contributed by atoms with van der Waals surface area (Å²) in [5, 5.41) is 21.4. The van der Waals surface area contributed by atoms with Gasteiger partial charge in [-0.3, -0.25) is 4.79 Å². The molecule has 4 rings (SSSR count). The number of rotatable bonds is 0. The summed E-state index contributed by atoms with van der Waals surface area (Å²) in [6.07, 6.45) is 7.58. The van der Waals surface area contributed by atoms with Gasteiger partial charge in [0.2, 0.25) is 0 Å². The largest absolute Gasteiger partial charge is 0.393 e. The maximum atomic E-state index is 11.8. The van der Waals surface area contributed by atoms with Gasteiger partial charge < -0.3 is 10.2 Å². The highest BCUT2D eigenvalue weighted by Crippen LogP contribution is 2.65. The number of allylic oxidation sites excluding steroid dienone is 1. The van der Waals surface area contributed by atoms with Gasteiger partial charge in [0.15, 0.2) is 5.78 Å². The Kier molecular flexibility index (Phi) is 3.16. The number of hydrogen-bond acceptors (Lipinski definition) is 3. The van der Waals surface area contributed by atoms with Crippen LogP contribution in [0, 0.1) is 28.6 Å². The van der Waals surface area contributed by atoms with Crippen molar-refractivity contribution in [2.24, 2.45) is 28.6 Å². The number of hydrogen-bond donors (Lipinski definition) is 2. The van der Waals surface area contributed by atoms with Crippen LogP contribution in [0.1, 0.15) is 58.8 Å². The molecule has 22 heavy (non-hydrogen) atoms. The highest BCUT2D eigenvalue weighted by molar-refractivity contribution is 5.91. The standard InChI is InChI=1S/C19H28O3/c1-18-7-5-12(20)9-11(18)3-4-13-14(18)10-16(22)19(2)8-6-15(21)17(13)19/h9,13-17,21-22H,3-8,10H2,1-2H3/t13-,14+,15+,16+,17-,18-,19+/m0/s1. The minimum Gasteiger partial charge on any atom is -0.393 e. The van der Waals surface area contributed by atoms with Gasteiger partial charge in [0.25, 0.3) is 0 Å². The van der Waals surface area contributed by atoms with E-state index in [1.54, 1.807) is 0 Å². The molecule has 0 bridgehead atoms. The minimum atomic E-state index is -0.315. The lowest BCUT2D eigenvalue weighted by Gasteiger charge is -2.59. The molecule has 7 atom stereocenters. The van der Waals surface area contributed by atoms with Crippen LogP contribution < -0.4 is 0 Å². The van der Waals surface area contributed by atoms with Crippen molar-refractivity contribution >= 4 is 5.78 Å². The van der Waals surface area contributed by atoms with Crippen LogP contribution in [0.3, 0.4) is 0 Å². The van der Waals surface area contributed by atoms with E-state index in [1.165, 1.54) is 5.57 Å². The topological polar surface area (TPSA) is 57.5 Å². The Balaban J connectivity index is 1.74. The van der Waals surface area contributed by atoms with Crippen LogP contribution in [0.2, 0.25) is 0 Å². The van der Waals surface area contributed by atoms with Gasteiger partial charge in [0.1, 0.15) is 0 Å². The van der Waals surface area contributed by atoms with Gasteiger partial charge in [-0.25, -0.2) is 0 Å². The van der Waals surface area contributed by atoms with Crippen LogP contribution in [-0.4, -0.2) is 28.2 Å². The van der Waals surface area contributed by atoms with Gasteiger partial charge in [0.05, 0.1) is 12.2 Å². The van der Waals surface area contributed by atoms with E-state index in [9.17, 15) is 15.0 Å². The van der Waals surface area contributed by atoms with Gasteiger partial charge in [-0.1, -0.05) is 19.4 Å². The van der Waals surface area contributed by atoms with E-state index < -0.39 is 0 Å². The molecular formula is C19H28O3. The molecule has 0 aliphatic heterocycles. The fourth-order valence-electron chi connectivity index (χ4n) is 6.53. The predicted molar refractivity (Wildman–Crippen MR) is 84.1 cm³/mol. The van der Waals surface area contributed by atoms with Crippen molar-refractivity contribution in [3.05, 3.63) is 11.6 Å². The fraction of sp³-hybridized carbons (Fsp3) is 0.842. The number of fused-ring (bicyclic) bond motifs is 5. The molecule has 4 aliphatic rings. The van der Waals surface area contributed by atoms with E-state index in [0.29, 0.717) is 18.3 Å². The summed E-state index contributed by atoms with van der Waals surface area (Å²) in [5.74, 6) is 1.42. The average molecular weight is 304 g/mol. The van der Waals surface area contributed by atoms with Crippen LogP contribution in [0.15, 0.2) is 11.6 Å². The molecule has 0 aromatic heterocycles. The smallest absolute Gasteiger partial charge is 0.155 e. The summed E-state index contributed by atoms with van der Waals surface area (Å²) in [4.78, 5) is 11.8. The first-order chi connectivity index (χ1) is 10.4. The summed E-state index contributed by atoms with van der Waals surface area (Å²) in [5.41, 5.74) is 1.26. The SMILES string of the molecule is C[C@]12CC[C@@H](O)[C@@H]1[C@H]1CCC3=CC(=O)CC[C@]3(C)[C@@H]1C[C@H]2O. The Hall–Kier alpha value is -0.670. The Morgan fingerprint density at radius 3 is 2.68 bits per heavy atom. The van der Waals surface area contributed by atoms with Crippen LogP contribution in [0.5, 0.6) is 0 Å². The van der Waals surface area contributed by atoms with E-state index in [1.807, 2.05) is 6.08 Å². The summed E-state index contributed by atoms with van der Waals surface area (Å²) in [6.45, 7) is 4.49. The first kappa shape index (κ1) is 14.9. The van der Waals surface area contributed by atoms with E-state index >= 15 is 0 Å². The lowest BCUT2D eigenvalue weighted by atomic mass is 9.46. The molecule has 0 unspecified atom stereocenters. The van der Waals surface area contributed by atoms with E-state index in [2.05, 4.69) is 13.8 Å². The Morgan fingerprint density at radius 2 is 1.91 bits per heavy atom. The highest BCUT2D eigenvalue weighted by Gasteiger charge is 2.61. The van der Waals surface area contributed by atoms with E-state index in [4.69, 9.17) is 0 Å². The van der Waals surface area contributed by atoms with Gasteiger partial charge in [-0.15, -0.1) is 0 Å². The quantitative estimate of drug-likeness (QED) is 0.723. The summed E-state index contributed by atoms with van der Waals surface area (Å²) in [7, 11) is 0. The van der Waals surface area contributed by atoms with E-state index in [-0.39, 0.29) is 34.7 Å². The van der Waals surface area contributed by atoms with Crippen molar-refractivity contribution in [1.82, 2.24) is 0 Å². The molecule has 0 amide bonds. The molecule has 0 aromatic rings. The molecule has 3 fully saturated rings. The van der Waals surface area contributed by atoms with Crippen molar-refractivity contribution in [1.29, 1.82) is 0 Å². The Morgan fingerprint density at radius 1 is 1.14 bits per heavy atom. The van der Waals surface area contributed by atoms with Gasteiger partial charge in [-0.2, -0.15) is 0 Å². The molecular weight excluding hydrogens is 276 g/mol. The Labute approximate surface area is 132 Å². The molecule has 122 valence electrons. The summed E-state index contributed by atoms with van der Waals surface area (Å²) in [6, 6.07) is 0. The third-order valence-electron chi connectivity index (χ3n) is 7.90. The molecule has 3 nitrogen and oxygen atoms in total. The van der Waals surface area contributed by atoms with Crippen molar-refractivity contribution in [2.45, 2.75) is 71.0 Å². The van der Waals surface area contributed by atoms with Crippen LogP contribution >= 0.6 is 0 Å². The van der Waals surface area contributed by atoms with E-state index in [0.717, 1.165) is 38.5 Å². The zero-order chi connectivity index (χ0) is 15.7. The number of ketones is 1. The number of carbonyl (C=O) groups excluding carboxylic acids is 1. The first-order valence-corrected chi connectivity index (χ1v) is 8.96. The second-order valence-corrected chi connectivity index (χ2v) is 8.75. The van der Waals surface area contributed by atoms with Crippen LogP contribution in [0.4, 0.5) is 0 Å². The second kappa shape index (κ2) is 4.67. The third-order valence-corrected chi connectivity index (χ3v) is 7.90. The maximum Gasteiger partial charge on any atom is 0.155 e. The molecule has 3 heteroatoms. The number of aliphatic hydroxyl groups is 2. The molecule has 4 aliphatic carbocycles. The molecule has 0 aromatic carbocycles. The zero-order valence-corrected chi connectivity index (χ0v) is 13.7. The molecule has 0 radical (unpaired) electrons. The highest BCUT2D eigenvalue weighted by atomic mass is 16.3. The molecule has 2 N–H and O–H groups in total. The number of carbonyl (C=O) groups is 1. The molecule has 0 heterocycles. The van der Waals surface area contributed by atoms with Crippen molar-refractivity contribution < 1.29 is 15.0 Å². The molecule has 0 saturated heterocycles.